The van der Waals surface area contributed by atoms with Crippen molar-refractivity contribution in [2.45, 2.75) is 200 Å². The van der Waals surface area contributed by atoms with Crippen molar-refractivity contribution in [2.24, 2.45) is 30.0 Å². The van der Waals surface area contributed by atoms with Crippen LogP contribution in [0.5, 0.6) is 0 Å². The third-order valence-corrected chi connectivity index (χ3v) is 25.0. The van der Waals surface area contributed by atoms with Crippen LogP contribution >= 0.6 is 48.6 Å². The third kappa shape index (κ3) is 22.4. The number of aryl methyl sites for hydroxylation is 24. The summed E-state index contributed by atoms with van der Waals surface area (Å²) < 4.78 is 7.62. The topological polar surface area (TPSA) is 96.9 Å². The van der Waals surface area contributed by atoms with Gasteiger partial charge in [-0.1, -0.05) is 210 Å². The fourth-order valence-corrected chi connectivity index (χ4v) is 20.2. The molecule has 0 amide bonds. The van der Waals surface area contributed by atoms with E-state index in [9.17, 15) is 0 Å². The molecule has 18 rings (SSSR count). The first-order valence-electron chi connectivity index (χ1n) is 44.5. The van der Waals surface area contributed by atoms with Crippen molar-refractivity contribution >= 4 is 161 Å². The number of benzene rings is 12. The third-order valence-electron chi connectivity index (χ3n) is 25.0. The molecular weight excluding hydrogens is 1950 g/mol. The van der Waals surface area contributed by atoms with Gasteiger partial charge in [-0.05, 0) is 300 Å². The number of hydrogen-bond donors (Lipinski definition) is 0. The zero-order valence-corrected chi connectivity index (χ0v) is 90.9. The second kappa shape index (κ2) is 45.2. The van der Waals surface area contributed by atoms with Crippen molar-refractivity contribution in [1.82, 2.24) is 4.98 Å². The standard InChI is InChI=1S/2C30H28N2.C28H32N3.C27H31N3.2CH3.2BrH.2ClH.Fe.2Ni/c2*1-17-13-19(3)27(20(4)14-17)31-29-24-11-7-9-23-10-8-12-25(26(23)24)30(29)32-28-21(5)15-18(2)16-22(28)6;1-16-12-18(3)26(19(4)13-16)29-22(7)24-10-9-11-25-23(8)30(28(29)31(24)25)27-20(5)14-17(2)15-21(27)6;1-16-12-18(3)26(19(4)13-16)28-22(7)24-10-9-11-25(30-24)23(8)29-27-20(5)14-17(2)15-21(27)6;;;;;;;;;/h2*7-16H,1-6H3;9-15,28H,1-8H3;9-15H,1-8H3;2*1H3;4*1H;;;/q;;+3;;2*-1;;;;;3*+2/p-4. The van der Waals surface area contributed by atoms with Crippen LogP contribution < -0.4 is 4.57 Å². The van der Waals surface area contributed by atoms with Gasteiger partial charge in [0, 0.05) is 81.3 Å². The molecule has 4 heterocycles. The minimum atomic E-state index is 0. The Balaban J connectivity index is 0.000000180. The van der Waals surface area contributed by atoms with Crippen LogP contribution in [-0.2, 0) is 40.5 Å². The molecule has 12 aromatic carbocycles. The van der Waals surface area contributed by atoms with Gasteiger partial charge in [0.2, 0.25) is 11.4 Å². The van der Waals surface area contributed by atoms with Crippen LogP contribution in [0, 0.1) is 181 Å². The zero-order chi connectivity index (χ0) is 94.7. The molecule has 14 aromatic rings. The SMILES string of the molecule is CC(=Nc1c(C)cc(C)cc1C)c1cccc(C(C)=Nc2c(C)cc(C)cc2C)n1.CC1=[N+](c2c(C)cc(C)cc2C)C2[N+](c3c(C)cc(C)cc3C)=C(C)c3cccc1[n+]32.Cc1cc(C)c(N=C2C(=Nc3c(C)cc(C)cc3C)c3cccc4cccc2c34)c(C)c1.Cc1cc(C)c(N=C2C(=Nc3c(C)cc(C)cc3C)c3cccc4cccc2c34)c(C)c1.[Br][Ni][Br].[CH3-].[CH3-].[Cl][Fe][Cl].[Ni+2]. The summed E-state index contributed by atoms with van der Waals surface area (Å²) in [4.78, 5) is 35.8. The number of hydrogen-bond acceptors (Lipinski definition) is 7. The Morgan fingerprint density at radius 1 is 0.306 bits per heavy atom. The number of aliphatic imine (C=N–C) groups is 6. The van der Waals surface area contributed by atoms with Crippen molar-refractivity contribution in [2.75, 3.05) is 0 Å². The molecule has 0 radical (unpaired) electrons. The molecule has 0 atom stereocenters. The molecule has 134 heavy (non-hydrogen) atoms. The van der Waals surface area contributed by atoms with Gasteiger partial charge < -0.3 is 14.9 Å². The quantitative estimate of drug-likeness (QED) is 0.0580. The molecule has 0 spiro atoms. The second-order valence-corrected chi connectivity index (χ2v) is 42.9. The molecule has 2 aromatic heterocycles. The Labute approximate surface area is 842 Å². The van der Waals surface area contributed by atoms with E-state index in [1.807, 2.05) is 32.0 Å². The minimum absolute atomic E-state index is 0. The maximum atomic E-state index is 5.28. The Morgan fingerprint density at radius 2 is 0.500 bits per heavy atom. The largest absolute Gasteiger partial charge is 2.00 e. The van der Waals surface area contributed by atoms with Gasteiger partial charge in [-0.2, -0.15) is 0 Å². The molecular formula is C117H125Br2Cl2FeN10Ni2+3. The first-order chi connectivity index (χ1) is 62.3. The van der Waals surface area contributed by atoms with Crippen molar-refractivity contribution in [3.63, 3.8) is 0 Å². The molecule has 10 nitrogen and oxygen atoms in total. The summed E-state index contributed by atoms with van der Waals surface area (Å²) in [5, 5.41) is 4.95. The molecule has 4 aliphatic rings. The Bertz CT molecular complexity index is 6430. The average Bonchev–Trinajstić information content (AvgIpc) is 1.53. The molecule has 0 bridgehead atoms. The van der Waals surface area contributed by atoms with Gasteiger partial charge in [-0.3, -0.25) is 9.98 Å². The summed E-state index contributed by atoms with van der Waals surface area (Å²) in [5.41, 5.74) is 56.0. The van der Waals surface area contributed by atoms with Gasteiger partial charge in [0.05, 0.1) is 79.8 Å². The molecule has 0 fully saturated rings. The van der Waals surface area contributed by atoms with Crippen molar-refractivity contribution in [1.29, 1.82) is 0 Å². The van der Waals surface area contributed by atoms with Crippen LogP contribution in [0.1, 0.15) is 213 Å². The fourth-order valence-electron chi connectivity index (χ4n) is 20.2. The Kier molecular flexibility index (Phi) is 35.7. The van der Waals surface area contributed by atoms with Gasteiger partial charge in [0.25, 0.3) is 22.8 Å². The predicted octanol–water partition coefficient (Wildman–Crippen LogP) is 32.7. The predicted molar refractivity (Wildman–Crippen MR) is 573 cm³/mol. The second-order valence-electron chi connectivity index (χ2n) is 36.1. The van der Waals surface area contributed by atoms with Gasteiger partial charge >= 0.3 is 95.5 Å². The van der Waals surface area contributed by atoms with Gasteiger partial charge in [0.1, 0.15) is 0 Å². The fraction of sp³-hybridized carbons (Fsp3) is 0.248. The normalized spacial score (nSPS) is 14.0. The molecule has 17 heteroatoms. The Hall–Kier alpha value is -10.1. The van der Waals surface area contributed by atoms with Crippen molar-refractivity contribution in [3.05, 3.63) is 400 Å². The zero-order valence-electron chi connectivity index (χ0n) is 83.2. The minimum Gasteiger partial charge on any atom is 2.00 e. The van der Waals surface area contributed by atoms with E-state index in [0.717, 1.165) is 79.8 Å². The molecule has 696 valence electrons. The van der Waals surface area contributed by atoms with E-state index in [1.54, 1.807) is 0 Å². The van der Waals surface area contributed by atoms with Gasteiger partial charge in [-0.15, -0.1) is 0 Å². The number of aromatic nitrogens is 2. The molecule has 0 saturated carbocycles. The van der Waals surface area contributed by atoms with E-state index in [0.29, 0.717) is 0 Å². The summed E-state index contributed by atoms with van der Waals surface area (Å²) in [5.74, 6) is 0. The van der Waals surface area contributed by atoms with Crippen LogP contribution in [-0.4, -0.2) is 59.8 Å². The molecule has 2 aliphatic heterocycles. The summed E-state index contributed by atoms with van der Waals surface area (Å²) in [6.07, 6.45) is 0.0754. The van der Waals surface area contributed by atoms with Crippen LogP contribution in [0.25, 0.3) is 21.5 Å². The monoisotopic (exact) mass is 2070 g/mol. The molecule has 0 saturated heterocycles. The van der Waals surface area contributed by atoms with E-state index in [-0.39, 0.29) is 50.8 Å². The van der Waals surface area contributed by atoms with Gasteiger partial charge in [0.15, 0.2) is 0 Å². The van der Waals surface area contributed by atoms with Crippen LogP contribution in [0.15, 0.2) is 236 Å². The number of rotatable bonds is 10. The van der Waals surface area contributed by atoms with Gasteiger partial charge in [-0.25, -0.2) is 25.0 Å². The van der Waals surface area contributed by atoms with E-state index in [1.165, 1.54) is 222 Å². The molecule has 0 unspecified atom stereocenters. The maximum Gasteiger partial charge on any atom is 2.00 e. The van der Waals surface area contributed by atoms with Crippen molar-refractivity contribution < 1.29 is 54.2 Å². The first kappa shape index (κ1) is 106. The van der Waals surface area contributed by atoms with E-state index >= 15 is 0 Å². The first-order valence-corrected chi connectivity index (χ1v) is 52.4. The van der Waals surface area contributed by atoms with Crippen LogP contribution in [0.4, 0.5) is 45.5 Å². The van der Waals surface area contributed by atoms with Crippen molar-refractivity contribution in [3.8, 4) is 0 Å². The summed E-state index contributed by atoms with van der Waals surface area (Å²) >= 11 is 6.19. The smallest absolute Gasteiger partial charge is 2.00 e. The molecule has 0 N–H and O–H groups in total. The van der Waals surface area contributed by atoms with E-state index in [2.05, 4.69) is 410 Å². The van der Waals surface area contributed by atoms with E-state index < -0.39 is 0 Å². The number of halogens is 4. The summed E-state index contributed by atoms with van der Waals surface area (Å²) in [6.45, 7) is 60.3. The molecule has 2 aliphatic carbocycles. The van der Waals surface area contributed by atoms with Crippen LogP contribution in [0.3, 0.4) is 0 Å². The van der Waals surface area contributed by atoms with Crippen LogP contribution in [0.2, 0.25) is 0 Å². The summed E-state index contributed by atoms with van der Waals surface area (Å²) in [7, 11) is 10.8. The maximum absolute atomic E-state index is 5.28. The number of nitrogens with zero attached hydrogens (tertiary/aromatic N) is 10. The Morgan fingerprint density at radius 3 is 0.724 bits per heavy atom. The average molecular weight is 2080 g/mol. The number of pyridine rings is 2. The van der Waals surface area contributed by atoms with E-state index in [4.69, 9.17) is 55.1 Å². The summed E-state index contributed by atoms with van der Waals surface area (Å²) in [6, 6.07) is 74.3.